The van der Waals surface area contributed by atoms with Gasteiger partial charge in [-0.3, -0.25) is 4.79 Å². The fourth-order valence-corrected chi connectivity index (χ4v) is 10.2. The molecular weight excluding hydrogens is 404 g/mol. The number of hydrogen-bond acceptors (Lipinski definition) is 2. The van der Waals surface area contributed by atoms with Crippen molar-refractivity contribution < 1.29 is 9.53 Å². The summed E-state index contributed by atoms with van der Waals surface area (Å²) >= 11 is 0. The van der Waals surface area contributed by atoms with E-state index in [-0.39, 0.29) is 12.1 Å². The summed E-state index contributed by atoms with van der Waals surface area (Å²) in [6.45, 7) is 16.8. The summed E-state index contributed by atoms with van der Waals surface area (Å²) in [5.74, 6) is 7.06. The van der Waals surface area contributed by atoms with Gasteiger partial charge in [-0.15, -0.1) is 0 Å². The molecule has 4 saturated carbocycles. The van der Waals surface area contributed by atoms with Crippen LogP contribution in [0.15, 0.2) is 0 Å². The van der Waals surface area contributed by atoms with Crippen LogP contribution in [-0.2, 0) is 9.53 Å². The van der Waals surface area contributed by atoms with Gasteiger partial charge in [0.2, 0.25) is 0 Å². The van der Waals surface area contributed by atoms with Gasteiger partial charge in [0.25, 0.3) is 0 Å². The Bertz CT molecular complexity index is 684. The largest absolute Gasteiger partial charge is 0.463 e. The first-order valence-electron chi connectivity index (χ1n) is 14.8. The minimum Gasteiger partial charge on any atom is -0.463 e. The standard InChI is InChI=1S/C31H54O2/c1-8-23(20(2)3)10-9-21(4)27-13-14-28-26-12-11-24-19-25(33-22(5)32)15-17-30(24,6)29(26)16-18-31(27,28)7/h20-21,23-29H,8-19H2,1-7H3/t21-,23-,24+,25+,26+,27+,28+,29+,30+,31-/m1/s1. The SMILES string of the molecule is CC[C@H](CC[C@@H](C)[C@@H]1CC[C@H]2[C@@H]3CC[C@H]4C[C@@H](OC(C)=O)CC[C@]4(C)[C@H]3CC[C@@]21C)C(C)C. The number of esters is 1. The highest BCUT2D eigenvalue weighted by Gasteiger charge is 2.60. The van der Waals surface area contributed by atoms with Gasteiger partial charge in [-0.05, 0) is 122 Å². The van der Waals surface area contributed by atoms with Crippen molar-refractivity contribution in [1.29, 1.82) is 0 Å². The van der Waals surface area contributed by atoms with Crippen molar-refractivity contribution in [2.75, 3.05) is 0 Å². The first kappa shape index (κ1) is 25.6. The van der Waals surface area contributed by atoms with Gasteiger partial charge in [-0.25, -0.2) is 0 Å². The molecule has 0 bridgehead atoms. The molecule has 0 saturated heterocycles. The lowest BCUT2D eigenvalue weighted by Gasteiger charge is -2.61. The molecule has 0 unspecified atom stereocenters. The summed E-state index contributed by atoms with van der Waals surface area (Å²) in [5, 5.41) is 0. The summed E-state index contributed by atoms with van der Waals surface area (Å²) < 4.78 is 5.67. The van der Waals surface area contributed by atoms with Crippen molar-refractivity contribution >= 4 is 5.97 Å². The summed E-state index contributed by atoms with van der Waals surface area (Å²) in [6, 6.07) is 0. The average molecular weight is 459 g/mol. The van der Waals surface area contributed by atoms with E-state index in [9.17, 15) is 4.79 Å². The second-order valence-electron chi connectivity index (χ2n) is 13.9. The molecule has 0 amide bonds. The van der Waals surface area contributed by atoms with Gasteiger partial charge in [0.05, 0.1) is 0 Å². The minimum absolute atomic E-state index is 0.0875. The Balaban J connectivity index is 1.42. The van der Waals surface area contributed by atoms with Gasteiger partial charge in [-0.2, -0.15) is 0 Å². The van der Waals surface area contributed by atoms with Crippen LogP contribution in [0, 0.1) is 58.2 Å². The Morgan fingerprint density at radius 3 is 2.27 bits per heavy atom. The highest BCUT2D eigenvalue weighted by molar-refractivity contribution is 5.66. The second kappa shape index (κ2) is 9.85. The number of rotatable bonds is 7. The van der Waals surface area contributed by atoms with Crippen LogP contribution in [0.25, 0.3) is 0 Å². The lowest BCUT2D eigenvalue weighted by molar-refractivity contribution is -0.160. The van der Waals surface area contributed by atoms with Crippen LogP contribution >= 0.6 is 0 Å². The number of fused-ring (bicyclic) bond motifs is 5. The molecule has 0 heterocycles. The van der Waals surface area contributed by atoms with E-state index >= 15 is 0 Å². The highest BCUT2D eigenvalue weighted by Crippen LogP contribution is 2.68. The zero-order valence-electron chi connectivity index (χ0n) is 23.0. The van der Waals surface area contributed by atoms with Crippen molar-refractivity contribution in [2.45, 2.75) is 132 Å². The van der Waals surface area contributed by atoms with E-state index in [1.807, 2.05) is 0 Å². The summed E-state index contributed by atoms with van der Waals surface area (Å²) in [5.41, 5.74) is 1.06. The molecule has 10 atom stereocenters. The summed E-state index contributed by atoms with van der Waals surface area (Å²) in [4.78, 5) is 11.5. The molecule has 0 aromatic rings. The predicted octanol–water partition coefficient (Wildman–Crippen LogP) is 8.68. The van der Waals surface area contributed by atoms with Crippen LogP contribution in [0.2, 0.25) is 0 Å². The van der Waals surface area contributed by atoms with E-state index in [4.69, 9.17) is 4.74 Å². The maximum absolute atomic E-state index is 11.5. The molecule has 0 radical (unpaired) electrons. The summed E-state index contributed by atoms with van der Waals surface area (Å²) in [6.07, 6.45) is 16.6. The van der Waals surface area contributed by atoms with Gasteiger partial charge >= 0.3 is 5.97 Å². The van der Waals surface area contributed by atoms with E-state index in [1.165, 1.54) is 64.2 Å². The van der Waals surface area contributed by atoms with Crippen LogP contribution in [0.1, 0.15) is 126 Å². The predicted molar refractivity (Wildman–Crippen MR) is 138 cm³/mol. The number of hydrogen-bond donors (Lipinski definition) is 0. The monoisotopic (exact) mass is 458 g/mol. The molecule has 0 spiro atoms. The quantitative estimate of drug-likeness (QED) is 0.357. The molecule has 2 heteroatoms. The van der Waals surface area contributed by atoms with Gasteiger partial charge in [0.15, 0.2) is 0 Å². The highest BCUT2D eigenvalue weighted by atomic mass is 16.5. The second-order valence-corrected chi connectivity index (χ2v) is 13.9. The lowest BCUT2D eigenvalue weighted by atomic mass is 9.44. The Kier molecular flexibility index (Phi) is 7.63. The molecule has 4 aliphatic rings. The molecule has 4 fully saturated rings. The third kappa shape index (κ3) is 4.67. The van der Waals surface area contributed by atoms with Crippen LogP contribution in [0.4, 0.5) is 0 Å². The molecule has 4 rings (SSSR count). The Morgan fingerprint density at radius 2 is 1.61 bits per heavy atom. The average Bonchev–Trinajstić information content (AvgIpc) is 3.11. The van der Waals surface area contributed by atoms with E-state index in [2.05, 4.69) is 41.5 Å². The zero-order valence-corrected chi connectivity index (χ0v) is 23.0. The van der Waals surface area contributed by atoms with Crippen molar-refractivity contribution in [3.8, 4) is 0 Å². The van der Waals surface area contributed by atoms with Gasteiger partial charge in [-0.1, -0.05) is 54.4 Å². The van der Waals surface area contributed by atoms with Crippen molar-refractivity contribution in [2.24, 2.45) is 58.2 Å². The first-order valence-corrected chi connectivity index (χ1v) is 14.8. The third-order valence-electron chi connectivity index (χ3n) is 12.2. The topological polar surface area (TPSA) is 26.3 Å². The maximum Gasteiger partial charge on any atom is 0.302 e. The van der Waals surface area contributed by atoms with Gasteiger partial charge < -0.3 is 4.74 Å². The Morgan fingerprint density at radius 1 is 0.909 bits per heavy atom. The molecule has 0 aromatic carbocycles. The molecule has 0 aliphatic heterocycles. The normalized spacial score (nSPS) is 44.5. The van der Waals surface area contributed by atoms with Crippen LogP contribution in [0.5, 0.6) is 0 Å². The molecule has 190 valence electrons. The minimum atomic E-state index is -0.0875. The molecular formula is C31H54O2. The van der Waals surface area contributed by atoms with Crippen molar-refractivity contribution in [3.63, 3.8) is 0 Å². The zero-order chi connectivity index (χ0) is 24.0. The van der Waals surface area contributed by atoms with E-state index in [0.29, 0.717) is 10.8 Å². The fraction of sp³-hybridized carbons (Fsp3) is 0.968. The van der Waals surface area contributed by atoms with Crippen molar-refractivity contribution in [1.82, 2.24) is 0 Å². The van der Waals surface area contributed by atoms with Gasteiger partial charge in [0, 0.05) is 6.92 Å². The van der Waals surface area contributed by atoms with Crippen LogP contribution < -0.4 is 0 Å². The van der Waals surface area contributed by atoms with E-state index < -0.39 is 0 Å². The van der Waals surface area contributed by atoms with Crippen molar-refractivity contribution in [3.05, 3.63) is 0 Å². The fourth-order valence-electron chi connectivity index (χ4n) is 10.2. The molecule has 0 N–H and O–H groups in total. The number of carbonyl (C=O) groups is 1. The lowest BCUT2D eigenvalue weighted by Crippen LogP contribution is -2.54. The maximum atomic E-state index is 11.5. The van der Waals surface area contributed by atoms with Gasteiger partial charge in [0.1, 0.15) is 6.10 Å². The Labute approximate surface area is 205 Å². The Hall–Kier alpha value is -0.530. The summed E-state index contributed by atoms with van der Waals surface area (Å²) in [7, 11) is 0. The van der Waals surface area contributed by atoms with Crippen LogP contribution in [0.3, 0.4) is 0 Å². The molecule has 2 nitrogen and oxygen atoms in total. The number of carbonyl (C=O) groups excluding carboxylic acids is 1. The van der Waals surface area contributed by atoms with E-state index in [1.54, 1.807) is 6.92 Å². The number of ether oxygens (including phenoxy) is 1. The molecule has 4 aliphatic carbocycles. The molecule has 0 aromatic heterocycles. The van der Waals surface area contributed by atoms with E-state index in [0.717, 1.165) is 60.2 Å². The third-order valence-corrected chi connectivity index (χ3v) is 12.2. The first-order chi connectivity index (χ1) is 15.6. The smallest absolute Gasteiger partial charge is 0.302 e. The van der Waals surface area contributed by atoms with Crippen LogP contribution in [-0.4, -0.2) is 12.1 Å². The molecule has 33 heavy (non-hydrogen) atoms.